The maximum Gasteiger partial charge on any atom is 0.236 e. The molecule has 1 atom stereocenters. The van der Waals surface area contributed by atoms with Gasteiger partial charge in [0, 0.05) is 31.9 Å². The minimum Gasteiger partial charge on any atom is -0.370 e. The topological polar surface area (TPSA) is 48.5 Å². The Morgan fingerprint density at radius 3 is 2.87 bits per heavy atom. The molecule has 0 radical (unpaired) electrons. The Morgan fingerprint density at radius 1 is 1.26 bits per heavy atom. The Hall–Kier alpha value is -1.62. The number of anilines is 1. The Kier molecular flexibility index (Phi) is 5.49. The predicted molar refractivity (Wildman–Crippen MR) is 92.4 cm³/mol. The maximum atomic E-state index is 12.3. The van der Waals surface area contributed by atoms with Crippen LogP contribution in [0.3, 0.4) is 0 Å². The molecule has 1 aromatic heterocycles. The predicted octanol–water partition coefficient (Wildman–Crippen LogP) is 2.14. The van der Waals surface area contributed by atoms with Gasteiger partial charge in [-0.15, -0.1) is 0 Å². The molecule has 1 amide bonds. The summed E-state index contributed by atoms with van der Waals surface area (Å²) in [5.74, 6) is 1.87. The van der Waals surface area contributed by atoms with Crippen LogP contribution in [-0.2, 0) is 4.79 Å². The lowest BCUT2D eigenvalue weighted by Gasteiger charge is -2.28. The van der Waals surface area contributed by atoms with Crippen molar-refractivity contribution in [2.24, 2.45) is 5.92 Å². The highest BCUT2D eigenvalue weighted by Crippen LogP contribution is 2.18. The average molecular weight is 316 g/mol. The van der Waals surface area contributed by atoms with Crippen LogP contribution < -0.4 is 5.32 Å². The summed E-state index contributed by atoms with van der Waals surface area (Å²) in [7, 11) is 0. The monoisotopic (exact) mass is 316 g/mol. The first-order valence-electron chi connectivity index (χ1n) is 8.88. The number of pyridine rings is 1. The molecule has 0 unspecified atom stereocenters. The molecular weight excluding hydrogens is 288 g/mol. The summed E-state index contributed by atoms with van der Waals surface area (Å²) in [4.78, 5) is 21.2. The normalized spacial score (nSPS) is 22.3. The van der Waals surface area contributed by atoms with Crippen LogP contribution in [0.15, 0.2) is 18.2 Å². The molecule has 2 fully saturated rings. The van der Waals surface area contributed by atoms with Crippen LogP contribution in [0.25, 0.3) is 0 Å². The van der Waals surface area contributed by atoms with Gasteiger partial charge in [0.25, 0.3) is 0 Å². The summed E-state index contributed by atoms with van der Waals surface area (Å²) >= 11 is 0. The smallest absolute Gasteiger partial charge is 0.236 e. The van der Waals surface area contributed by atoms with Crippen molar-refractivity contribution < 1.29 is 4.79 Å². The molecule has 126 valence electrons. The number of carbonyl (C=O) groups excluding carboxylic acids is 1. The molecule has 2 aliphatic rings. The average Bonchev–Trinajstić information content (AvgIpc) is 3.01. The fraction of sp³-hybridized carbons (Fsp3) is 0.667. The Morgan fingerprint density at radius 2 is 2.09 bits per heavy atom. The summed E-state index contributed by atoms with van der Waals surface area (Å²) in [6.45, 7) is 7.50. The number of hydrogen-bond acceptors (Lipinski definition) is 4. The van der Waals surface area contributed by atoms with Crippen molar-refractivity contribution in [2.75, 3.05) is 44.6 Å². The van der Waals surface area contributed by atoms with Gasteiger partial charge in [-0.1, -0.05) is 6.07 Å². The molecule has 0 aromatic carbocycles. The summed E-state index contributed by atoms with van der Waals surface area (Å²) in [6.07, 6.45) is 4.77. The number of carbonyl (C=O) groups is 1. The Balaban J connectivity index is 1.40. The number of aromatic nitrogens is 1. The first kappa shape index (κ1) is 16.2. The summed E-state index contributed by atoms with van der Waals surface area (Å²) < 4.78 is 0. The molecule has 1 aromatic rings. The fourth-order valence-electron chi connectivity index (χ4n) is 3.55. The molecule has 0 aliphatic carbocycles. The fourth-order valence-corrected chi connectivity index (χ4v) is 3.55. The zero-order chi connectivity index (χ0) is 16.1. The number of piperidine rings is 1. The molecule has 2 aliphatic heterocycles. The van der Waals surface area contributed by atoms with Crippen LogP contribution in [-0.4, -0.2) is 60.0 Å². The molecule has 0 bridgehead atoms. The molecule has 5 heteroatoms. The van der Waals surface area contributed by atoms with Gasteiger partial charge in [-0.2, -0.15) is 0 Å². The lowest BCUT2D eigenvalue weighted by atomic mass is 10.1. The highest BCUT2D eigenvalue weighted by atomic mass is 16.2. The highest BCUT2D eigenvalue weighted by Gasteiger charge is 2.26. The van der Waals surface area contributed by atoms with Gasteiger partial charge in [-0.3, -0.25) is 9.69 Å². The van der Waals surface area contributed by atoms with Crippen molar-refractivity contribution in [2.45, 2.75) is 32.6 Å². The Labute approximate surface area is 139 Å². The van der Waals surface area contributed by atoms with Gasteiger partial charge in [0.1, 0.15) is 5.82 Å². The third kappa shape index (κ3) is 4.67. The Bertz CT molecular complexity index is 528. The van der Waals surface area contributed by atoms with Gasteiger partial charge in [-0.25, -0.2) is 4.98 Å². The van der Waals surface area contributed by atoms with E-state index in [1.54, 1.807) is 0 Å². The summed E-state index contributed by atoms with van der Waals surface area (Å²) in [6, 6.07) is 6.05. The first-order chi connectivity index (χ1) is 11.2. The molecule has 0 saturated carbocycles. The van der Waals surface area contributed by atoms with Crippen molar-refractivity contribution in [3.05, 3.63) is 23.9 Å². The zero-order valence-corrected chi connectivity index (χ0v) is 14.1. The van der Waals surface area contributed by atoms with E-state index in [1.165, 1.54) is 19.3 Å². The summed E-state index contributed by atoms with van der Waals surface area (Å²) in [5, 5.41) is 3.43. The van der Waals surface area contributed by atoms with E-state index in [4.69, 9.17) is 0 Å². The lowest BCUT2D eigenvalue weighted by molar-refractivity contribution is -0.133. The second kappa shape index (κ2) is 7.77. The summed E-state index contributed by atoms with van der Waals surface area (Å²) in [5.41, 5.74) is 1.04. The van der Waals surface area contributed by atoms with Gasteiger partial charge in [-0.05, 0) is 57.2 Å². The van der Waals surface area contributed by atoms with Crippen molar-refractivity contribution in [3.8, 4) is 0 Å². The van der Waals surface area contributed by atoms with Gasteiger partial charge >= 0.3 is 0 Å². The second-order valence-corrected chi connectivity index (χ2v) is 6.88. The zero-order valence-electron chi connectivity index (χ0n) is 14.1. The van der Waals surface area contributed by atoms with E-state index in [-0.39, 0.29) is 0 Å². The van der Waals surface area contributed by atoms with E-state index in [0.717, 1.165) is 50.7 Å². The third-order valence-corrected chi connectivity index (χ3v) is 4.90. The number of amides is 1. The van der Waals surface area contributed by atoms with Gasteiger partial charge < -0.3 is 10.2 Å². The van der Waals surface area contributed by atoms with E-state index in [1.807, 2.05) is 30.0 Å². The lowest BCUT2D eigenvalue weighted by Crippen LogP contribution is -2.42. The van der Waals surface area contributed by atoms with Crippen molar-refractivity contribution >= 4 is 11.7 Å². The molecule has 3 heterocycles. The molecule has 2 saturated heterocycles. The van der Waals surface area contributed by atoms with Gasteiger partial charge in [0.15, 0.2) is 0 Å². The molecule has 23 heavy (non-hydrogen) atoms. The largest absolute Gasteiger partial charge is 0.370 e. The SMILES string of the molecule is Cc1cccc(NC[C@H]2CCN(CC(=O)N3CCCCC3)C2)n1. The number of nitrogens with zero attached hydrogens (tertiary/aromatic N) is 3. The number of aryl methyl sites for hydroxylation is 1. The van der Waals surface area contributed by atoms with E-state index in [2.05, 4.69) is 15.2 Å². The van der Waals surface area contributed by atoms with Crippen LogP contribution in [0.1, 0.15) is 31.4 Å². The van der Waals surface area contributed by atoms with Crippen LogP contribution in [0.4, 0.5) is 5.82 Å². The van der Waals surface area contributed by atoms with Crippen LogP contribution in [0.5, 0.6) is 0 Å². The molecule has 5 nitrogen and oxygen atoms in total. The van der Waals surface area contributed by atoms with Crippen molar-refractivity contribution in [1.29, 1.82) is 0 Å². The minimum absolute atomic E-state index is 0.318. The van der Waals surface area contributed by atoms with E-state index < -0.39 is 0 Å². The first-order valence-corrected chi connectivity index (χ1v) is 8.88. The van der Waals surface area contributed by atoms with E-state index in [0.29, 0.717) is 18.4 Å². The molecule has 1 N–H and O–H groups in total. The number of hydrogen-bond donors (Lipinski definition) is 1. The van der Waals surface area contributed by atoms with Crippen LogP contribution in [0.2, 0.25) is 0 Å². The minimum atomic E-state index is 0.318. The van der Waals surface area contributed by atoms with Crippen LogP contribution in [0, 0.1) is 12.8 Å². The van der Waals surface area contributed by atoms with Gasteiger partial charge in [0.05, 0.1) is 6.54 Å². The number of likely N-dealkylation sites (tertiary alicyclic amines) is 2. The number of nitrogens with one attached hydrogen (secondary N) is 1. The third-order valence-electron chi connectivity index (χ3n) is 4.90. The van der Waals surface area contributed by atoms with E-state index >= 15 is 0 Å². The van der Waals surface area contributed by atoms with E-state index in [9.17, 15) is 4.79 Å². The second-order valence-electron chi connectivity index (χ2n) is 6.88. The quantitative estimate of drug-likeness (QED) is 0.904. The standard InChI is InChI=1S/C18H28N4O/c1-15-6-5-7-17(20-15)19-12-16-8-11-21(13-16)14-18(23)22-9-3-2-4-10-22/h5-7,16H,2-4,8-14H2,1H3,(H,19,20)/t16-/m1/s1. The van der Waals surface area contributed by atoms with Crippen molar-refractivity contribution in [1.82, 2.24) is 14.8 Å². The van der Waals surface area contributed by atoms with Crippen LogP contribution >= 0.6 is 0 Å². The maximum absolute atomic E-state index is 12.3. The van der Waals surface area contributed by atoms with Crippen molar-refractivity contribution in [3.63, 3.8) is 0 Å². The molecule has 3 rings (SSSR count). The highest BCUT2D eigenvalue weighted by molar-refractivity contribution is 5.78. The molecule has 0 spiro atoms. The van der Waals surface area contributed by atoms with Gasteiger partial charge in [0.2, 0.25) is 5.91 Å². The molecular formula is C18H28N4O. The number of rotatable bonds is 5.